The third-order valence-electron chi connectivity index (χ3n) is 4.51. The quantitative estimate of drug-likeness (QED) is 0.871. The maximum atomic E-state index is 4.65. The van der Waals surface area contributed by atoms with E-state index >= 15 is 0 Å². The van der Waals surface area contributed by atoms with E-state index < -0.39 is 0 Å². The lowest BCUT2D eigenvalue weighted by Gasteiger charge is -2.43. The summed E-state index contributed by atoms with van der Waals surface area (Å²) >= 11 is 1.77. The first-order valence-electron chi connectivity index (χ1n) is 8.02. The van der Waals surface area contributed by atoms with Crippen LogP contribution in [-0.2, 0) is 6.54 Å². The first-order valence-corrected chi connectivity index (χ1v) is 8.90. The standard InChI is InChI=1S/C16H29N3S/c1-5-7-14-9-19(10-15-11-20-13(4)18-15)16(8-17-14)12(3)6-2/h11-12,14,16-17H,5-10H2,1-4H3. The summed E-state index contributed by atoms with van der Waals surface area (Å²) < 4.78 is 0. The summed E-state index contributed by atoms with van der Waals surface area (Å²) in [5, 5.41) is 7.15. The molecular formula is C16H29N3S. The van der Waals surface area contributed by atoms with E-state index in [-0.39, 0.29) is 0 Å². The number of thiazole rings is 1. The van der Waals surface area contributed by atoms with Crippen LogP contribution in [0, 0.1) is 12.8 Å². The minimum Gasteiger partial charge on any atom is -0.311 e. The molecule has 0 bridgehead atoms. The van der Waals surface area contributed by atoms with Gasteiger partial charge in [-0.25, -0.2) is 4.98 Å². The first-order chi connectivity index (χ1) is 9.63. The molecule has 1 aliphatic heterocycles. The topological polar surface area (TPSA) is 28.2 Å². The molecule has 0 saturated carbocycles. The Morgan fingerprint density at radius 1 is 1.50 bits per heavy atom. The van der Waals surface area contributed by atoms with Crippen LogP contribution in [0.2, 0.25) is 0 Å². The van der Waals surface area contributed by atoms with Gasteiger partial charge in [0, 0.05) is 37.1 Å². The van der Waals surface area contributed by atoms with Gasteiger partial charge >= 0.3 is 0 Å². The van der Waals surface area contributed by atoms with Gasteiger partial charge in [-0.1, -0.05) is 33.6 Å². The molecule has 1 aromatic heterocycles. The average molecular weight is 295 g/mol. The minimum absolute atomic E-state index is 0.648. The van der Waals surface area contributed by atoms with Gasteiger partial charge < -0.3 is 5.32 Å². The van der Waals surface area contributed by atoms with Crippen LogP contribution in [0.15, 0.2) is 5.38 Å². The van der Waals surface area contributed by atoms with Gasteiger partial charge in [0.05, 0.1) is 10.7 Å². The molecule has 1 aliphatic rings. The largest absolute Gasteiger partial charge is 0.311 e. The molecule has 114 valence electrons. The third-order valence-corrected chi connectivity index (χ3v) is 5.33. The van der Waals surface area contributed by atoms with Gasteiger partial charge in [0.1, 0.15) is 0 Å². The molecule has 1 saturated heterocycles. The predicted octanol–water partition coefficient (Wildman–Crippen LogP) is 3.44. The molecular weight excluding hydrogens is 266 g/mol. The Balaban J connectivity index is 2.04. The van der Waals surface area contributed by atoms with E-state index in [0.717, 1.165) is 19.0 Å². The normalized spacial score (nSPS) is 25.8. The highest BCUT2D eigenvalue weighted by atomic mass is 32.1. The van der Waals surface area contributed by atoms with Crippen molar-refractivity contribution in [1.82, 2.24) is 15.2 Å². The Morgan fingerprint density at radius 3 is 2.90 bits per heavy atom. The Labute approximate surface area is 127 Å². The Hall–Kier alpha value is -0.450. The fourth-order valence-corrected chi connectivity index (χ4v) is 3.75. The second kappa shape index (κ2) is 7.53. The van der Waals surface area contributed by atoms with Crippen molar-refractivity contribution in [3.8, 4) is 0 Å². The minimum atomic E-state index is 0.648. The van der Waals surface area contributed by atoms with E-state index in [2.05, 4.69) is 48.3 Å². The maximum Gasteiger partial charge on any atom is 0.0897 e. The molecule has 0 aliphatic carbocycles. The van der Waals surface area contributed by atoms with Crippen LogP contribution in [0.1, 0.15) is 50.7 Å². The number of piperazine rings is 1. The van der Waals surface area contributed by atoms with Crippen molar-refractivity contribution < 1.29 is 0 Å². The number of aryl methyl sites for hydroxylation is 1. The highest BCUT2D eigenvalue weighted by Gasteiger charge is 2.30. The molecule has 1 fully saturated rings. The zero-order chi connectivity index (χ0) is 14.5. The van der Waals surface area contributed by atoms with Gasteiger partial charge in [-0.05, 0) is 19.3 Å². The summed E-state index contributed by atoms with van der Waals surface area (Å²) in [6.07, 6.45) is 3.78. The Bertz CT molecular complexity index is 404. The van der Waals surface area contributed by atoms with Gasteiger partial charge in [0.25, 0.3) is 0 Å². The highest BCUT2D eigenvalue weighted by molar-refractivity contribution is 7.09. The summed E-state index contributed by atoms with van der Waals surface area (Å²) in [5.74, 6) is 0.741. The van der Waals surface area contributed by atoms with Crippen molar-refractivity contribution in [1.29, 1.82) is 0 Å². The van der Waals surface area contributed by atoms with E-state index in [1.165, 1.54) is 36.5 Å². The molecule has 2 heterocycles. The molecule has 0 amide bonds. The number of hydrogen-bond acceptors (Lipinski definition) is 4. The van der Waals surface area contributed by atoms with E-state index in [4.69, 9.17) is 0 Å². The van der Waals surface area contributed by atoms with Crippen LogP contribution < -0.4 is 5.32 Å². The molecule has 3 unspecified atom stereocenters. The summed E-state index contributed by atoms with van der Waals surface area (Å²) in [4.78, 5) is 7.32. The molecule has 0 radical (unpaired) electrons. The van der Waals surface area contributed by atoms with Crippen molar-refractivity contribution in [2.24, 2.45) is 5.92 Å². The van der Waals surface area contributed by atoms with Crippen LogP contribution in [0.25, 0.3) is 0 Å². The molecule has 1 N–H and O–H groups in total. The van der Waals surface area contributed by atoms with Crippen molar-refractivity contribution in [2.75, 3.05) is 13.1 Å². The fourth-order valence-electron chi connectivity index (χ4n) is 3.15. The van der Waals surface area contributed by atoms with Crippen LogP contribution in [0.3, 0.4) is 0 Å². The highest BCUT2D eigenvalue weighted by Crippen LogP contribution is 2.22. The molecule has 4 heteroatoms. The number of hydrogen-bond donors (Lipinski definition) is 1. The van der Waals surface area contributed by atoms with Crippen molar-refractivity contribution >= 4 is 11.3 Å². The van der Waals surface area contributed by atoms with Crippen LogP contribution in [-0.4, -0.2) is 35.1 Å². The van der Waals surface area contributed by atoms with E-state index in [9.17, 15) is 0 Å². The smallest absolute Gasteiger partial charge is 0.0897 e. The summed E-state index contributed by atoms with van der Waals surface area (Å²) in [6.45, 7) is 12.4. The summed E-state index contributed by atoms with van der Waals surface area (Å²) in [5.41, 5.74) is 1.25. The summed E-state index contributed by atoms with van der Waals surface area (Å²) in [7, 11) is 0. The molecule has 3 atom stereocenters. The molecule has 0 spiro atoms. The van der Waals surface area contributed by atoms with E-state index in [0.29, 0.717) is 12.1 Å². The molecule has 0 aromatic carbocycles. The monoisotopic (exact) mass is 295 g/mol. The predicted molar refractivity (Wildman–Crippen MR) is 87.2 cm³/mol. The fraction of sp³-hybridized carbons (Fsp3) is 0.812. The van der Waals surface area contributed by atoms with E-state index in [1.807, 2.05) is 0 Å². The second-order valence-electron chi connectivity index (χ2n) is 6.13. The lowest BCUT2D eigenvalue weighted by Crippen LogP contribution is -2.58. The lowest BCUT2D eigenvalue weighted by molar-refractivity contribution is 0.0808. The number of aromatic nitrogens is 1. The second-order valence-corrected chi connectivity index (χ2v) is 7.20. The Kier molecular flexibility index (Phi) is 6.00. The van der Waals surface area contributed by atoms with Gasteiger partial charge in [0.15, 0.2) is 0 Å². The summed E-state index contributed by atoms with van der Waals surface area (Å²) in [6, 6.07) is 1.30. The van der Waals surface area contributed by atoms with Gasteiger partial charge in [-0.15, -0.1) is 11.3 Å². The lowest BCUT2D eigenvalue weighted by atomic mass is 9.93. The van der Waals surface area contributed by atoms with Crippen molar-refractivity contribution in [3.05, 3.63) is 16.1 Å². The number of nitrogens with zero attached hydrogens (tertiary/aromatic N) is 2. The molecule has 2 rings (SSSR count). The van der Waals surface area contributed by atoms with Crippen LogP contribution in [0.4, 0.5) is 0 Å². The SMILES string of the molecule is CCCC1CN(Cc2csc(C)n2)C(C(C)CC)CN1. The number of rotatable bonds is 6. The van der Waals surface area contributed by atoms with E-state index in [1.54, 1.807) is 11.3 Å². The average Bonchev–Trinajstić information content (AvgIpc) is 2.84. The molecule has 3 nitrogen and oxygen atoms in total. The van der Waals surface area contributed by atoms with Gasteiger partial charge in [-0.3, -0.25) is 4.90 Å². The van der Waals surface area contributed by atoms with Crippen molar-refractivity contribution in [3.63, 3.8) is 0 Å². The van der Waals surface area contributed by atoms with Gasteiger partial charge in [0.2, 0.25) is 0 Å². The zero-order valence-electron chi connectivity index (χ0n) is 13.4. The first kappa shape index (κ1) is 15.9. The van der Waals surface area contributed by atoms with Crippen LogP contribution >= 0.6 is 11.3 Å². The Morgan fingerprint density at radius 2 is 2.30 bits per heavy atom. The molecule has 1 aromatic rings. The van der Waals surface area contributed by atoms with Crippen molar-refractivity contribution in [2.45, 2.75) is 65.6 Å². The molecule has 20 heavy (non-hydrogen) atoms. The number of nitrogens with one attached hydrogen (secondary N) is 1. The maximum absolute atomic E-state index is 4.65. The third kappa shape index (κ3) is 4.03. The zero-order valence-corrected chi connectivity index (χ0v) is 14.2. The van der Waals surface area contributed by atoms with Gasteiger partial charge in [-0.2, -0.15) is 0 Å². The van der Waals surface area contributed by atoms with Crippen LogP contribution in [0.5, 0.6) is 0 Å².